The maximum Gasteiger partial charge on any atom is 0.573 e. The first-order valence-corrected chi connectivity index (χ1v) is 10.1. The van der Waals surface area contributed by atoms with Crippen molar-refractivity contribution in [2.45, 2.75) is 26.3 Å². The van der Waals surface area contributed by atoms with Crippen LogP contribution in [0.3, 0.4) is 0 Å². The van der Waals surface area contributed by atoms with Crippen LogP contribution in [0, 0.1) is 6.92 Å². The van der Waals surface area contributed by atoms with E-state index in [2.05, 4.69) is 41.3 Å². The highest BCUT2D eigenvalue weighted by molar-refractivity contribution is 9.10. The monoisotopic (exact) mass is 496 g/mol. The van der Waals surface area contributed by atoms with Gasteiger partial charge in [-0.1, -0.05) is 28.1 Å². The van der Waals surface area contributed by atoms with Crippen LogP contribution in [-0.2, 0) is 0 Å². The van der Waals surface area contributed by atoms with Crippen LogP contribution in [0.25, 0.3) is 11.3 Å². The molecule has 1 heterocycles. The van der Waals surface area contributed by atoms with Gasteiger partial charge < -0.3 is 20.5 Å². The second-order valence-electron chi connectivity index (χ2n) is 6.85. The van der Waals surface area contributed by atoms with Crippen LogP contribution in [0.15, 0.2) is 53.0 Å². The van der Waals surface area contributed by atoms with E-state index in [0.29, 0.717) is 17.1 Å². The minimum atomic E-state index is -4.79. The molecule has 0 aliphatic carbocycles. The molecule has 0 amide bonds. The summed E-state index contributed by atoms with van der Waals surface area (Å²) in [4.78, 5) is 8.81. The number of nitrogens with zero attached hydrogens (tertiary/aromatic N) is 2. The lowest BCUT2D eigenvalue weighted by Crippen LogP contribution is -2.21. The van der Waals surface area contributed by atoms with Crippen LogP contribution in [0.1, 0.15) is 12.5 Å². The summed E-state index contributed by atoms with van der Waals surface area (Å²) in [6.07, 6.45) is -4.79. The van der Waals surface area contributed by atoms with Gasteiger partial charge in [0.2, 0.25) is 5.95 Å². The maximum absolute atomic E-state index is 12.6. The summed E-state index contributed by atoms with van der Waals surface area (Å²) in [6, 6.07) is 12.5. The number of aliphatic hydroxyl groups is 1. The Bertz CT molecular complexity index is 1060. The van der Waals surface area contributed by atoms with E-state index in [-0.39, 0.29) is 24.3 Å². The van der Waals surface area contributed by atoms with Gasteiger partial charge in [0.1, 0.15) is 11.6 Å². The zero-order valence-corrected chi connectivity index (χ0v) is 18.3. The standard InChI is InChI=1S/C21H20BrF3N4O2/c1-12-8-15(22)6-7-17(12)27-19-10-18(28-20(29-19)26-13(2)11-30)14-4-3-5-16(9-14)31-21(23,24)25/h3-10,13,30H,11H2,1-2H3,(H2,26,27,28,29)/t13-/m0/s1. The molecule has 0 saturated carbocycles. The average Bonchev–Trinajstić information content (AvgIpc) is 2.69. The molecule has 164 valence electrons. The van der Waals surface area contributed by atoms with Crippen molar-refractivity contribution in [1.29, 1.82) is 0 Å². The Morgan fingerprint density at radius 1 is 1.13 bits per heavy atom. The van der Waals surface area contributed by atoms with Crippen LogP contribution in [0.4, 0.5) is 30.6 Å². The van der Waals surface area contributed by atoms with Crippen LogP contribution in [0.5, 0.6) is 5.75 Å². The Morgan fingerprint density at radius 3 is 2.58 bits per heavy atom. The summed E-state index contributed by atoms with van der Waals surface area (Å²) in [5.74, 6) is 0.309. The Morgan fingerprint density at radius 2 is 1.90 bits per heavy atom. The molecule has 2 aromatic carbocycles. The van der Waals surface area contributed by atoms with E-state index in [1.54, 1.807) is 19.1 Å². The van der Waals surface area contributed by atoms with E-state index in [4.69, 9.17) is 0 Å². The molecule has 0 radical (unpaired) electrons. The summed E-state index contributed by atoms with van der Waals surface area (Å²) in [5, 5.41) is 15.5. The number of nitrogens with one attached hydrogen (secondary N) is 2. The van der Waals surface area contributed by atoms with Crippen molar-refractivity contribution < 1.29 is 23.0 Å². The second-order valence-corrected chi connectivity index (χ2v) is 7.77. The number of aromatic nitrogens is 2. The lowest BCUT2D eigenvalue weighted by Gasteiger charge is -2.15. The summed E-state index contributed by atoms with van der Waals surface area (Å²) in [6.45, 7) is 3.54. The first-order chi connectivity index (χ1) is 14.6. The lowest BCUT2D eigenvalue weighted by molar-refractivity contribution is -0.274. The fourth-order valence-electron chi connectivity index (χ4n) is 2.75. The normalized spacial score (nSPS) is 12.4. The number of hydrogen-bond acceptors (Lipinski definition) is 6. The van der Waals surface area contributed by atoms with Gasteiger partial charge in [-0.25, -0.2) is 4.98 Å². The molecule has 0 saturated heterocycles. The number of anilines is 3. The number of halogens is 4. The van der Waals surface area contributed by atoms with Crippen molar-refractivity contribution in [2.24, 2.45) is 0 Å². The largest absolute Gasteiger partial charge is 0.573 e. The average molecular weight is 497 g/mol. The highest BCUT2D eigenvalue weighted by atomic mass is 79.9. The van der Waals surface area contributed by atoms with Crippen molar-refractivity contribution in [3.63, 3.8) is 0 Å². The van der Waals surface area contributed by atoms with Gasteiger partial charge in [-0.15, -0.1) is 13.2 Å². The fraction of sp³-hybridized carbons (Fsp3) is 0.238. The molecule has 10 heteroatoms. The SMILES string of the molecule is Cc1cc(Br)ccc1Nc1cc(-c2cccc(OC(F)(F)F)c2)nc(N[C@@H](C)CO)n1. The fourth-order valence-corrected chi connectivity index (χ4v) is 3.22. The van der Waals surface area contributed by atoms with Gasteiger partial charge in [-0.2, -0.15) is 4.98 Å². The number of benzene rings is 2. The number of aryl methyl sites for hydroxylation is 1. The topological polar surface area (TPSA) is 79.3 Å². The minimum absolute atomic E-state index is 0.142. The molecule has 0 unspecified atom stereocenters. The first-order valence-electron chi connectivity index (χ1n) is 9.29. The molecule has 1 aromatic heterocycles. The van der Waals surface area contributed by atoms with E-state index in [1.165, 1.54) is 18.2 Å². The van der Waals surface area contributed by atoms with Crippen LogP contribution in [-0.4, -0.2) is 34.1 Å². The Labute approximate surface area is 185 Å². The van der Waals surface area contributed by atoms with Gasteiger partial charge in [0.25, 0.3) is 0 Å². The van der Waals surface area contributed by atoms with Gasteiger partial charge >= 0.3 is 6.36 Å². The van der Waals surface area contributed by atoms with Crippen molar-refractivity contribution in [1.82, 2.24) is 9.97 Å². The van der Waals surface area contributed by atoms with Gasteiger partial charge in [0.05, 0.1) is 12.3 Å². The molecule has 1 atom stereocenters. The van der Waals surface area contributed by atoms with E-state index in [1.807, 2.05) is 25.1 Å². The Hall–Kier alpha value is -2.85. The number of ether oxygens (including phenoxy) is 1. The highest BCUT2D eigenvalue weighted by Crippen LogP contribution is 2.30. The highest BCUT2D eigenvalue weighted by Gasteiger charge is 2.31. The zero-order chi connectivity index (χ0) is 22.6. The van der Waals surface area contributed by atoms with Crippen molar-refractivity contribution in [3.8, 4) is 17.0 Å². The summed E-state index contributed by atoms with van der Waals surface area (Å²) < 4.78 is 42.7. The van der Waals surface area contributed by atoms with Crippen LogP contribution < -0.4 is 15.4 Å². The van der Waals surface area contributed by atoms with E-state index in [9.17, 15) is 18.3 Å². The van der Waals surface area contributed by atoms with Gasteiger partial charge in [0.15, 0.2) is 0 Å². The lowest BCUT2D eigenvalue weighted by atomic mass is 10.1. The Kier molecular flexibility index (Phi) is 7.01. The molecular formula is C21H20BrF3N4O2. The maximum atomic E-state index is 12.6. The smallest absolute Gasteiger partial charge is 0.406 e. The van der Waals surface area contributed by atoms with Gasteiger partial charge in [-0.3, -0.25) is 0 Å². The summed E-state index contributed by atoms with van der Waals surface area (Å²) in [7, 11) is 0. The third-order valence-electron chi connectivity index (χ3n) is 4.19. The summed E-state index contributed by atoms with van der Waals surface area (Å²) in [5.41, 5.74) is 2.57. The molecule has 0 aliphatic heterocycles. The number of hydrogen-bond donors (Lipinski definition) is 3. The molecule has 0 fully saturated rings. The molecule has 3 rings (SSSR count). The number of rotatable bonds is 7. The molecule has 0 aliphatic rings. The van der Waals surface area contributed by atoms with Crippen molar-refractivity contribution in [2.75, 3.05) is 17.2 Å². The molecule has 31 heavy (non-hydrogen) atoms. The van der Waals surface area contributed by atoms with E-state index >= 15 is 0 Å². The first kappa shape index (κ1) is 22.8. The molecule has 3 N–H and O–H groups in total. The van der Waals surface area contributed by atoms with E-state index < -0.39 is 6.36 Å². The zero-order valence-electron chi connectivity index (χ0n) is 16.7. The Balaban J connectivity index is 2.00. The van der Waals surface area contributed by atoms with E-state index in [0.717, 1.165) is 15.7 Å². The van der Waals surface area contributed by atoms with Crippen molar-refractivity contribution >= 4 is 33.4 Å². The number of aliphatic hydroxyl groups excluding tert-OH is 1. The molecule has 6 nitrogen and oxygen atoms in total. The van der Waals surface area contributed by atoms with Gasteiger partial charge in [-0.05, 0) is 49.7 Å². The molecule has 0 bridgehead atoms. The predicted octanol–water partition coefficient (Wildman–Crippen LogP) is 5.65. The molecular weight excluding hydrogens is 477 g/mol. The van der Waals surface area contributed by atoms with Crippen LogP contribution >= 0.6 is 15.9 Å². The molecule has 0 spiro atoms. The minimum Gasteiger partial charge on any atom is -0.406 e. The second kappa shape index (κ2) is 9.52. The van der Waals surface area contributed by atoms with Crippen molar-refractivity contribution in [3.05, 3.63) is 58.6 Å². The number of alkyl halides is 3. The van der Waals surface area contributed by atoms with Gasteiger partial charge in [0, 0.05) is 27.8 Å². The quantitative estimate of drug-likeness (QED) is 0.392. The third kappa shape index (κ3) is 6.56. The van der Waals surface area contributed by atoms with Crippen LogP contribution in [0.2, 0.25) is 0 Å². The summed E-state index contributed by atoms with van der Waals surface area (Å²) >= 11 is 3.42. The molecule has 3 aromatic rings. The predicted molar refractivity (Wildman–Crippen MR) is 116 cm³/mol. The third-order valence-corrected chi connectivity index (χ3v) is 4.68.